The highest BCUT2D eigenvalue weighted by Gasteiger charge is 2.26. The molecule has 0 amide bonds. The van der Waals surface area contributed by atoms with E-state index in [1.54, 1.807) is 0 Å². The van der Waals surface area contributed by atoms with Crippen LogP contribution in [0.3, 0.4) is 0 Å². The maximum Gasteiger partial charge on any atom is 0.305 e. The fourth-order valence-electron chi connectivity index (χ4n) is 3.47. The van der Waals surface area contributed by atoms with Crippen molar-refractivity contribution in [1.29, 1.82) is 0 Å². The van der Waals surface area contributed by atoms with Crippen LogP contribution in [0.1, 0.15) is 51.0 Å². The van der Waals surface area contributed by atoms with Crippen molar-refractivity contribution < 1.29 is 9.90 Å². The third-order valence-electron chi connectivity index (χ3n) is 4.83. The van der Waals surface area contributed by atoms with Crippen LogP contribution in [0.4, 0.5) is 5.69 Å². The van der Waals surface area contributed by atoms with Crippen LogP contribution in [0.25, 0.3) is 0 Å². The first kappa shape index (κ1) is 15.9. The lowest BCUT2D eigenvalue weighted by molar-refractivity contribution is -0.136. The average molecular weight is 289 g/mol. The molecular formula is C18H27NO2. The number of aryl methyl sites for hydroxylation is 1. The third-order valence-corrected chi connectivity index (χ3v) is 4.83. The second-order valence-electron chi connectivity index (χ2n) is 6.21. The molecule has 0 unspecified atom stereocenters. The monoisotopic (exact) mass is 289 g/mol. The number of benzene rings is 1. The molecule has 0 heterocycles. The van der Waals surface area contributed by atoms with Crippen molar-refractivity contribution in [3.05, 3.63) is 29.8 Å². The molecule has 3 heteroatoms. The summed E-state index contributed by atoms with van der Waals surface area (Å²) in [5.74, 6) is 0.148. The highest BCUT2D eigenvalue weighted by atomic mass is 16.4. The van der Waals surface area contributed by atoms with Gasteiger partial charge in [0.05, 0.1) is 6.42 Å². The summed E-state index contributed by atoms with van der Waals surface area (Å²) >= 11 is 0. The Morgan fingerprint density at radius 1 is 1.24 bits per heavy atom. The van der Waals surface area contributed by atoms with E-state index in [0.29, 0.717) is 12.6 Å². The summed E-state index contributed by atoms with van der Waals surface area (Å²) in [4.78, 5) is 13.3. The SMILES string of the molecule is CCC1CCC(N(CCC(=O)O)c2ccccc2C)CC1. The Morgan fingerprint density at radius 3 is 2.48 bits per heavy atom. The minimum Gasteiger partial charge on any atom is -0.481 e. The Kier molecular flexibility index (Phi) is 5.66. The number of hydrogen-bond donors (Lipinski definition) is 1. The largest absolute Gasteiger partial charge is 0.481 e. The van der Waals surface area contributed by atoms with Crippen LogP contribution < -0.4 is 4.90 Å². The van der Waals surface area contributed by atoms with Crippen LogP contribution in [0.5, 0.6) is 0 Å². The molecule has 0 aliphatic heterocycles. The maximum absolute atomic E-state index is 11.0. The lowest BCUT2D eigenvalue weighted by Gasteiger charge is -2.39. The number of carboxylic acids is 1. The summed E-state index contributed by atoms with van der Waals surface area (Å²) in [6.45, 7) is 5.00. The molecule has 1 fully saturated rings. The number of rotatable bonds is 6. The van der Waals surface area contributed by atoms with Gasteiger partial charge < -0.3 is 10.0 Å². The van der Waals surface area contributed by atoms with E-state index in [0.717, 1.165) is 5.92 Å². The van der Waals surface area contributed by atoms with Crippen LogP contribution >= 0.6 is 0 Å². The summed E-state index contributed by atoms with van der Waals surface area (Å²) in [6, 6.07) is 8.83. The second-order valence-corrected chi connectivity index (χ2v) is 6.21. The Morgan fingerprint density at radius 2 is 1.90 bits per heavy atom. The number of para-hydroxylation sites is 1. The lowest BCUT2D eigenvalue weighted by atomic mass is 9.83. The molecule has 0 atom stereocenters. The average Bonchev–Trinajstić information content (AvgIpc) is 2.49. The van der Waals surface area contributed by atoms with E-state index in [1.807, 2.05) is 12.1 Å². The second kappa shape index (κ2) is 7.48. The molecule has 1 aromatic carbocycles. The molecule has 3 nitrogen and oxygen atoms in total. The molecule has 0 spiro atoms. The minimum atomic E-state index is -0.712. The molecule has 1 aliphatic carbocycles. The highest BCUT2D eigenvalue weighted by Crippen LogP contribution is 2.33. The number of hydrogen-bond acceptors (Lipinski definition) is 2. The van der Waals surface area contributed by atoms with Crippen molar-refractivity contribution >= 4 is 11.7 Å². The van der Waals surface area contributed by atoms with E-state index in [2.05, 4.69) is 30.9 Å². The molecule has 1 saturated carbocycles. The summed E-state index contributed by atoms with van der Waals surface area (Å²) in [6.07, 6.45) is 6.40. The highest BCUT2D eigenvalue weighted by molar-refractivity contribution is 5.68. The molecule has 1 aromatic rings. The minimum absolute atomic E-state index is 0.210. The molecule has 2 rings (SSSR count). The van der Waals surface area contributed by atoms with Gasteiger partial charge in [0.2, 0.25) is 0 Å². The Labute approximate surface area is 128 Å². The first-order valence-corrected chi connectivity index (χ1v) is 8.16. The van der Waals surface area contributed by atoms with Gasteiger partial charge >= 0.3 is 5.97 Å². The van der Waals surface area contributed by atoms with Crippen LogP contribution in [-0.4, -0.2) is 23.7 Å². The first-order chi connectivity index (χ1) is 10.1. The van der Waals surface area contributed by atoms with E-state index in [-0.39, 0.29) is 6.42 Å². The molecule has 0 radical (unpaired) electrons. The van der Waals surface area contributed by atoms with Gasteiger partial charge in [-0.25, -0.2) is 0 Å². The number of anilines is 1. The smallest absolute Gasteiger partial charge is 0.305 e. The lowest BCUT2D eigenvalue weighted by Crippen LogP contribution is -2.40. The van der Waals surface area contributed by atoms with Crippen LogP contribution in [0.2, 0.25) is 0 Å². The number of carbonyl (C=O) groups is 1. The van der Waals surface area contributed by atoms with E-state index < -0.39 is 5.97 Å². The van der Waals surface area contributed by atoms with Crippen molar-refractivity contribution in [3.63, 3.8) is 0 Å². The van der Waals surface area contributed by atoms with Gasteiger partial charge in [0.15, 0.2) is 0 Å². The van der Waals surface area contributed by atoms with Gasteiger partial charge in [-0.3, -0.25) is 4.79 Å². The van der Waals surface area contributed by atoms with E-state index in [9.17, 15) is 4.79 Å². The molecule has 1 N–H and O–H groups in total. The third kappa shape index (κ3) is 4.23. The topological polar surface area (TPSA) is 40.5 Å². The summed E-state index contributed by atoms with van der Waals surface area (Å²) in [5, 5.41) is 9.03. The predicted octanol–water partition coefficient (Wildman–Crippen LogP) is 4.24. The standard InChI is InChI=1S/C18H27NO2/c1-3-15-8-10-16(11-9-15)19(13-12-18(20)21)17-7-5-4-6-14(17)2/h4-7,15-16H,3,8-13H2,1-2H3,(H,20,21). The van der Waals surface area contributed by atoms with E-state index in [4.69, 9.17) is 5.11 Å². The van der Waals surface area contributed by atoms with Gasteiger partial charge in [-0.2, -0.15) is 0 Å². The zero-order valence-electron chi connectivity index (χ0n) is 13.2. The quantitative estimate of drug-likeness (QED) is 0.851. The van der Waals surface area contributed by atoms with Gasteiger partial charge in [0, 0.05) is 18.3 Å². The normalized spacial score (nSPS) is 22.0. The Balaban J connectivity index is 2.13. The van der Waals surface area contributed by atoms with Crippen molar-refractivity contribution in [2.75, 3.05) is 11.4 Å². The van der Waals surface area contributed by atoms with Gasteiger partial charge in [-0.15, -0.1) is 0 Å². The number of carboxylic acid groups (broad SMARTS) is 1. The Bertz CT molecular complexity index is 464. The van der Waals surface area contributed by atoms with Gasteiger partial charge in [-0.05, 0) is 50.2 Å². The van der Waals surface area contributed by atoms with Gasteiger partial charge in [0.1, 0.15) is 0 Å². The first-order valence-electron chi connectivity index (χ1n) is 8.16. The van der Waals surface area contributed by atoms with Crippen molar-refractivity contribution in [2.45, 2.75) is 58.4 Å². The van der Waals surface area contributed by atoms with E-state index >= 15 is 0 Å². The molecule has 0 aromatic heterocycles. The number of nitrogens with zero attached hydrogens (tertiary/aromatic N) is 1. The molecule has 0 bridgehead atoms. The molecule has 0 saturated heterocycles. The Hall–Kier alpha value is -1.51. The summed E-state index contributed by atoms with van der Waals surface area (Å²) in [7, 11) is 0. The molecule has 116 valence electrons. The number of aliphatic carboxylic acids is 1. The van der Waals surface area contributed by atoms with Crippen molar-refractivity contribution in [3.8, 4) is 0 Å². The van der Waals surface area contributed by atoms with Crippen LogP contribution in [0.15, 0.2) is 24.3 Å². The summed E-state index contributed by atoms with van der Waals surface area (Å²) < 4.78 is 0. The van der Waals surface area contributed by atoms with Crippen molar-refractivity contribution in [1.82, 2.24) is 0 Å². The maximum atomic E-state index is 11.0. The van der Waals surface area contributed by atoms with Gasteiger partial charge in [0.25, 0.3) is 0 Å². The predicted molar refractivity (Wildman–Crippen MR) is 86.8 cm³/mol. The fraction of sp³-hybridized carbons (Fsp3) is 0.611. The zero-order valence-corrected chi connectivity index (χ0v) is 13.2. The van der Waals surface area contributed by atoms with Crippen LogP contribution in [-0.2, 0) is 4.79 Å². The van der Waals surface area contributed by atoms with Crippen LogP contribution in [0, 0.1) is 12.8 Å². The van der Waals surface area contributed by atoms with Gasteiger partial charge in [-0.1, -0.05) is 31.5 Å². The molecule has 21 heavy (non-hydrogen) atoms. The summed E-state index contributed by atoms with van der Waals surface area (Å²) in [5.41, 5.74) is 2.44. The fourth-order valence-corrected chi connectivity index (χ4v) is 3.47. The van der Waals surface area contributed by atoms with E-state index in [1.165, 1.54) is 43.4 Å². The van der Waals surface area contributed by atoms with Crippen molar-refractivity contribution in [2.24, 2.45) is 5.92 Å². The zero-order chi connectivity index (χ0) is 15.2. The molecule has 1 aliphatic rings. The molecular weight excluding hydrogens is 262 g/mol.